The average molecular weight is 269 g/mol. The number of halogens is 2. The molecule has 2 rings (SSSR count). The second-order valence-corrected chi connectivity index (χ2v) is 5.22. The van der Waals surface area contributed by atoms with Crippen molar-refractivity contribution >= 4 is 23.2 Å². The van der Waals surface area contributed by atoms with Crippen molar-refractivity contribution in [3.63, 3.8) is 0 Å². The number of rotatable bonds is 4. The molecule has 2 aromatic rings. The van der Waals surface area contributed by atoms with E-state index in [0.717, 1.165) is 17.0 Å². The lowest BCUT2D eigenvalue weighted by Crippen LogP contribution is -2.24. The Labute approximate surface area is 111 Å². The van der Waals surface area contributed by atoms with E-state index in [1.54, 1.807) is 12.5 Å². The van der Waals surface area contributed by atoms with Gasteiger partial charge in [0.05, 0.1) is 11.2 Å². The normalized spacial score (nSPS) is 14.5. The van der Waals surface area contributed by atoms with E-state index in [-0.39, 0.29) is 0 Å². The average Bonchev–Trinajstić information content (AvgIpc) is 2.82. The third kappa shape index (κ3) is 2.82. The van der Waals surface area contributed by atoms with Gasteiger partial charge in [0.15, 0.2) is 0 Å². The van der Waals surface area contributed by atoms with Crippen LogP contribution < -0.4 is 0 Å². The molecule has 0 aliphatic heterocycles. The minimum atomic E-state index is -0.411. The van der Waals surface area contributed by atoms with Gasteiger partial charge in [0.25, 0.3) is 0 Å². The third-order valence-electron chi connectivity index (χ3n) is 2.91. The molecule has 4 heteroatoms. The van der Waals surface area contributed by atoms with Gasteiger partial charge in [0.1, 0.15) is 0 Å². The van der Waals surface area contributed by atoms with Crippen LogP contribution in [0.15, 0.2) is 43.0 Å². The first-order valence-corrected chi connectivity index (χ1v) is 6.30. The zero-order valence-corrected chi connectivity index (χ0v) is 11.1. The molecule has 1 aromatic heterocycles. The molecular formula is C13H14Cl2N2. The summed E-state index contributed by atoms with van der Waals surface area (Å²) < 4.78 is 1.99. The smallest absolute Gasteiger partial charge is 0.0946 e. The van der Waals surface area contributed by atoms with Crippen molar-refractivity contribution in [1.82, 2.24) is 9.55 Å². The summed E-state index contributed by atoms with van der Waals surface area (Å²) in [4.78, 5) is 3.62. The molecule has 0 aliphatic rings. The highest BCUT2D eigenvalue weighted by atomic mass is 35.5. The Bertz CT molecular complexity index is 465. The van der Waals surface area contributed by atoms with E-state index in [2.05, 4.69) is 11.9 Å². The van der Waals surface area contributed by atoms with Crippen LogP contribution in [-0.2, 0) is 11.4 Å². The molecule has 17 heavy (non-hydrogen) atoms. The van der Waals surface area contributed by atoms with Gasteiger partial charge in [0.2, 0.25) is 0 Å². The van der Waals surface area contributed by atoms with Gasteiger partial charge < -0.3 is 4.57 Å². The Morgan fingerprint density at radius 3 is 2.53 bits per heavy atom. The van der Waals surface area contributed by atoms with Crippen molar-refractivity contribution < 1.29 is 0 Å². The summed E-state index contributed by atoms with van der Waals surface area (Å²) in [5.41, 5.74) is 1.08. The minimum absolute atomic E-state index is 0.411. The zero-order chi connectivity index (χ0) is 12.3. The van der Waals surface area contributed by atoms with E-state index in [4.69, 9.17) is 23.2 Å². The fraction of sp³-hybridized carbons (Fsp3) is 0.308. The van der Waals surface area contributed by atoms with Crippen LogP contribution in [0.1, 0.15) is 18.9 Å². The summed E-state index contributed by atoms with van der Waals surface area (Å²) in [5, 5.41) is 0.728. The Kier molecular flexibility index (Phi) is 3.75. The van der Waals surface area contributed by atoms with Gasteiger partial charge in [-0.15, -0.1) is 11.6 Å². The minimum Gasteiger partial charge on any atom is -0.335 e. The Morgan fingerprint density at radius 2 is 2.00 bits per heavy atom. The van der Waals surface area contributed by atoms with E-state index < -0.39 is 4.87 Å². The molecule has 1 heterocycles. The number of hydrogen-bond donors (Lipinski definition) is 0. The Hall–Kier alpha value is -0.990. The predicted molar refractivity (Wildman–Crippen MR) is 71.5 cm³/mol. The van der Waals surface area contributed by atoms with Crippen LogP contribution in [-0.4, -0.2) is 9.55 Å². The van der Waals surface area contributed by atoms with Crippen LogP contribution >= 0.6 is 23.2 Å². The zero-order valence-electron chi connectivity index (χ0n) is 9.61. The van der Waals surface area contributed by atoms with Crippen LogP contribution in [0.3, 0.4) is 0 Å². The summed E-state index contributed by atoms with van der Waals surface area (Å²) in [6.07, 6.45) is 6.30. The van der Waals surface area contributed by atoms with Crippen molar-refractivity contribution in [2.24, 2.45) is 0 Å². The summed E-state index contributed by atoms with van der Waals surface area (Å²) in [6, 6.07) is 7.71. The molecule has 90 valence electrons. The van der Waals surface area contributed by atoms with Crippen molar-refractivity contribution in [2.75, 3.05) is 0 Å². The number of alkyl halides is 1. The topological polar surface area (TPSA) is 17.8 Å². The molecule has 0 saturated carbocycles. The standard InChI is InChI=1S/C13H14Cl2N2/c1-2-13(15,9-17-8-7-16-10-17)11-3-5-12(14)6-4-11/h3-8,10H,2,9H2,1H3. The fourth-order valence-electron chi connectivity index (χ4n) is 1.83. The molecule has 0 fully saturated rings. The SMILES string of the molecule is CCC(Cl)(Cn1ccnc1)c1ccc(Cl)cc1. The molecule has 0 radical (unpaired) electrons. The molecule has 1 atom stereocenters. The first-order chi connectivity index (χ1) is 8.14. The monoisotopic (exact) mass is 268 g/mol. The van der Waals surface area contributed by atoms with Gasteiger partial charge in [-0.25, -0.2) is 4.98 Å². The van der Waals surface area contributed by atoms with Crippen LogP contribution in [0, 0.1) is 0 Å². The van der Waals surface area contributed by atoms with Crippen LogP contribution in [0.5, 0.6) is 0 Å². The van der Waals surface area contributed by atoms with Crippen molar-refractivity contribution in [2.45, 2.75) is 24.8 Å². The maximum Gasteiger partial charge on any atom is 0.0946 e. The van der Waals surface area contributed by atoms with Gasteiger partial charge in [-0.2, -0.15) is 0 Å². The molecule has 0 aliphatic carbocycles. The van der Waals surface area contributed by atoms with Gasteiger partial charge in [-0.3, -0.25) is 0 Å². The van der Waals surface area contributed by atoms with E-state index in [1.165, 1.54) is 0 Å². The molecule has 0 spiro atoms. The largest absolute Gasteiger partial charge is 0.335 e. The number of hydrogen-bond acceptors (Lipinski definition) is 1. The van der Waals surface area contributed by atoms with Gasteiger partial charge >= 0.3 is 0 Å². The Morgan fingerprint density at radius 1 is 1.29 bits per heavy atom. The van der Waals surface area contributed by atoms with Crippen molar-refractivity contribution in [1.29, 1.82) is 0 Å². The second kappa shape index (κ2) is 5.11. The number of benzene rings is 1. The van der Waals surface area contributed by atoms with Crippen LogP contribution in [0.25, 0.3) is 0 Å². The highest BCUT2D eigenvalue weighted by Crippen LogP contribution is 2.35. The fourth-order valence-corrected chi connectivity index (χ4v) is 2.22. The van der Waals surface area contributed by atoms with E-state index >= 15 is 0 Å². The second-order valence-electron chi connectivity index (χ2n) is 4.06. The molecule has 0 bridgehead atoms. The highest BCUT2D eigenvalue weighted by molar-refractivity contribution is 6.30. The molecule has 2 nitrogen and oxygen atoms in total. The van der Waals surface area contributed by atoms with E-state index in [1.807, 2.05) is 35.0 Å². The first-order valence-electron chi connectivity index (χ1n) is 5.55. The summed E-state index contributed by atoms with van der Waals surface area (Å²) >= 11 is 12.6. The Balaban J connectivity index is 2.27. The summed E-state index contributed by atoms with van der Waals surface area (Å²) in [7, 11) is 0. The number of nitrogens with zero attached hydrogens (tertiary/aromatic N) is 2. The molecular weight excluding hydrogens is 255 g/mol. The molecule has 0 amide bonds. The predicted octanol–water partition coefficient (Wildman–Crippen LogP) is 4.08. The maximum absolute atomic E-state index is 6.70. The molecule has 0 N–H and O–H groups in total. The lowest BCUT2D eigenvalue weighted by molar-refractivity contribution is 0.486. The van der Waals surface area contributed by atoms with Gasteiger partial charge in [-0.1, -0.05) is 30.7 Å². The van der Waals surface area contributed by atoms with E-state index in [9.17, 15) is 0 Å². The van der Waals surface area contributed by atoms with Crippen LogP contribution in [0.4, 0.5) is 0 Å². The first kappa shape index (κ1) is 12.5. The third-order valence-corrected chi connectivity index (χ3v) is 3.77. The van der Waals surface area contributed by atoms with Gasteiger partial charge in [-0.05, 0) is 24.1 Å². The summed E-state index contributed by atoms with van der Waals surface area (Å²) in [6.45, 7) is 2.78. The quantitative estimate of drug-likeness (QED) is 0.765. The lowest BCUT2D eigenvalue weighted by Gasteiger charge is -2.26. The van der Waals surface area contributed by atoms with Gasteiger partial charge in [0, 0.05) is 24.0 Å². The maximum atomic E-state index is 6.70. The molecule has 1 unspecified atom stereocenters. The summed E-state index contributed by atoms with van der Waals surface area (Å²) in [5.74, 6) is 0. The molecule has 1 aromatic carbocycles. The van der Waals surface area contributed by atoms with Crippen molar-refractivity contribution in [3.05, 3.63) is 53.6 Å². The highest BCUT2D eigenvalue weighted by Gasteiger charge is 2.27. The number of imidazole rings is 1. The van der Waals surface area contributed by atoms with E-state index in [0.29, 0.717) is 6.54 Å². The van der Waals surface area contributed by atoms with Crippen molar-refractivity contribution in [3.8, 4) is 0 Å². The van der Waals surface area contributed by atoms with Crippen LogP contribution in [0.2, 0.25) is 5.02 Å². The molecule has 0 saturated heterocycles. The number of aromatic nitrogens is 2. The lowest BCUT2D eigenvalue weighted by atomic mass is 9.95.